The Kier molecular flexibility index (Phi) is 4.41. The van der Waals surface area contributed by atoms with Crippen LogP contribution in [0.4, 0.5) is 0 Å². The number of carboxylic acid groups (broad SMARTS) is 1. The van der Waals surface area contributed by atoms with E-state index in [0.29, 0.717) is 16.7 Å². The molecule has 0 unspecified atom stereocenters. The van der Waals surface area contributed by atoms with Crippen LogP contribution < -0.4 is 9.84 Å². The van der Waals surface area contributed by atoms with Gasteiger partial charge in [-0.1, -0.05) is 12.1 Å². The van der Waals surface area contributed by atoms with E-state index in [1.54, 1.807) is 38.3 Å². The fraction of sp³-hybridized carbons (Fsp3) is 0.154. The highest BCUT2D eigenvalue weighted by Crippen LogP contribution is 2.25. The van der Waals surface area contributed by atoms with Crippen molar-refractivity contribution in [2.75, 3.05) is 7.11 Å². The first-order valence-electron chi connectivity index (χ1n) is 5.72. The van der Waals surface area contributed by atoms with Gasteiger partial charge in [-0.05, 0) is 42.5 Å². The third-order valence-electron chi connectivity index (χ3n) is 2.39. The molecule has 0 aliphatic carbocycles. The van der Waals surface area contributed by atoms with E-state index in [0.717, 1.165) is 17.3 Å². The lowest BCUT2D eigenvalue weighted by molar-refractivity contribution is -0.297. The van der Waals surface area contributed by atoms with Gasteiger partial charge in [-0.25, -0.2) is 4.98 Å². The number of aryl methyl sites for hydroxylation is 1. The molecule has 104 valence electrons. The molecular weight excluding hydrogens is 278 g/mol. The number of aliphatic carboxylic acids is 1. The van der Waals surface area contributed by atoms with Gasteiger partial charge in [-0.2, -0.15) is 0 Å². The smallest absolute Gasteiger partial charge is 0.213 e. The zero-order valence-electron chi connectivity index (χ0n) is 10.9. The van der Waals surface area contributed by atoms with Gasteiger partial charge in [0, 0.05) is 4.91 Å². The van der Waals surface area contributed by atoms with Crippen molar-refractivity contribution in [3.63, 3.8) is 0 Å². The molecule has 0 aliphatic heterocycles. The molecule has 2 aromatic rings. The number of aromatic nitrogens is 3. The Morgan fingerprint density at radius 2 is 2.10 bits per heavy atom. The number of rotatable bonds is 5. The van der Waals surface area contributed by atoms with Crippen molar-refractivity contribution >= 4 is 23.8 Å². The highest BCUT2D eigenvalue weighted by molar-refractivity contribution is 8.04. The number of nitrogens with one attached hydrogen (secondary N) is 1. The summed E-state index contributed by atoms with van der Waals surface area (Å²) in [4.78, 5) is 15.2. The molecule has 1 heterocycles. The number of hydrogen-bond donors (Lipinski definition) is 1. The van der Waals surface area contributed by atoms with Crippen LogP contribution >= 0.6 is 11.8 Å². The molecule has 0 bridgehead atoms. The van der Waals surface area contributed by atoms with E-state index in [1.807, 2.05) is 0 Å². The minimum Gasteiger partial charge on any atom is -0.544 e. The predicted molar refractivity (Wildman–Crippen MR) is 73.0 cm³/mol. The van der Waals surface area contributed by atoms with Crippen LogP contribution in [0.25, 0.3) is 6.08 Å². The first-order valence-corrected chi connectivity index (χ1v) is 6.54. The summed E-state index contributed by atoms with van der Waals surface area (Å²) in [7, 11) is 1.57. The van der Waals surface area contributed by atoms with E-state index in [-0.39, 0.29) is 4.91 Å². The number of carbonyl (C=O) groups is 1. The second-order valence-corrected chi connectivity index (χ2v) is 4.88. The maximum Gasteiger partial charge on any atom is 0.213 e. The Hall–Kier alpha value is -2.28. The van der Waals surface area contributed by atoms with Gasteiger partial charge in [0.25, 0.3) is 0 Å². The van der Waals surface area contributed by atoms with Crippen molar-refractivity contribution in [3.05, 3.63) is 40.6 Å². The number of H-pyrrole nitrogens is 1. The molecule has 0 atom stereocenters. The van der Waals surface area contributed by atoms with Crippen LogP contribution in [0.15, 0.2) is 34.3 Å². The lowest BCUT2D eigenvalue weighted by atomic mass is 10.2. The van der Waals surface area contributed by atoms with Crippen LogP contribution in [0.5, 0.6) is 5.75 Å². The normalized spacial score (nSPS) is 11.4. The van der Waals surface area contributed by atoms with Gasteiger partial charge < -0.3 is 14.6 Å². The molecule has 0 spiro atoms. The zero-order valence-corrected chi connectivity index (χ0v) is 11.7. The molecule has 0 amide bonds. The lowest BCUT2D eigenvalue weighted by Gasteiger charge is -2.06. The number of aromatic amines is 1. The summed E-state index contributed by atoms with van der Waals surface area (Å²) in [6.45, 7) is 1.74. The number of thioether (sulfide) groups is 1. The van der Waals surface area contributed by atoms with Crippen LogP contribution in [0.1, 0.15) is 11.4 Å². The van der Waals surface area contributed by atoms with Crippen LogP contribution in [0.3, 0.4) is 0 Å². The second-order valence-electron chi connectivity index (χ2n) is 3.87. The van der Waals surface area contributed by atoms with Gasteiger partial charge in [0.1, 0.15) is 11.6 Å². The van der Waals surface area contributed by atoms with Crippen LogP contribution in [0.2, 0.25) is 0 Å². The number of hydrogen-bond acceptors (Lipinski definition) is 6. The van der Waals surface area contributed by atoms with Gasteiger partial charge in [0.2, 0.25) is 5.16 Å². The minimum absolute atomic E-state index is 0.0363. The summed E-state index contributed by atoms with van der Waals surface area (Å²) >= 11 is 0.937. The SMILES string of the molecule is COc1ccc(/C=C(\Sc2n[nH]c(C)n2)C(=O)[O-])cc1. The van der Waals surface area contributed by atoms with Crippen LogP contribution in [-0.4, -0.2) is 28.3 Å². The lowest BCUT2D eigenvalue weighted by Crippen LogP contribution is -2.23. The highest BCUT2D eigenvalue weighted by atomic mass is 32.2. The maximum absolute atomic E-state index is 11.1. The fourth-order valence-electron chi connectivity index (χ4n) is 1.45. The number of ether oxygens (including phenoxy) is 1. The predicted octanol–water partition coefficient (Wildman–Crippen LogP) is 1.00. The number of carboxylic acids is 1. The Balaban J connectivity index is 2.22. The zero-order chi connectivity index (χ0) is 14.5. The largest absolute Gasteiger partial charge is 0.544 e. The third kappa shape index (κ3) is 3.61. The van der Waals surface area contributed by atoms with Crippen molar-refractivity contribution in [1.29, 1.82) is 0 Å². The summed E-state index contributed by atoms with van der Waals surface area (Å²) in [6.07, 6.45) is 1.51. The van der Waals surface area contributed by atoms with E-state index in [9.17, 15) is 9.90 Å². The first kappa shape index (κ1) is 14.1. The molecule has 0 radical (unpaired) electrons. The summed E-state index contributed by atoms with van der Waals surface area (Å²) in [5.74, 6) is 0.0531. The van der Waals surface area contributed by atoms with Crippen LogP contribution in [0, 0.1) is 6.92 Å². The number of benzene rings is 1. The Morgan fingerprint density at radius 1 is 1.40 bits per heavy atom. The molecule has 0 aliphatic rings. The topological polar surface area (TPSA) is 90.9 Å². The van der Waals surface area contributed by atoms with Gasteiger partial charge in [-0.15, -0.1) is 5.10 Å². The van der Waals surface area contributed by atoms with Gasteiger partial charge in [0.15, 0.2) is 0 Å². The Labute approximate surface area is 119 Å². The van der Waals surface area contributed by atoms with Crippen molar-refractivity contribution < 1.29 is 14.6 Å². The summed E-state index contributed by atoms with van der Waals surface area (Å²) in [5, 5.41) is 18.0. The van der Waals surface area contributed by atoms with Crippen molar-refractivity contribution in [3.8, 4) is 5.75 Å². The quantitative estimate of drug-likeness (QED) is 0.652. The number of nitrogens with zero attached hydrogens (tertiary/aromatic N) is 2. The monoisotopic (exact) mass is 290 g/mol. The van der Waals surface area contributed by atoms with E-state index >= 15 is 0 Å². The molecular formula is C13H12N3O3S-. The van der Waals surface area contributed by atoms with E-state index in [4.69, 9.17) is 4.74 Å². The van der Waals surface area contributed by atoms with E-state index < -0.39 is 5.97 Å². The van der Waals surface area contributed by atoms with E-state index in [2.05, 4.69) is 15.2 Å². The van der Waals surface area contributed by atoms with E-state index in [1.165, 1.54) is 6.08 Å². The molecule has 1 aromatic carbocycles. The Bertz CT molecular complexity index is 635. The molecule has 0 saturated carbocycles. The second kappa shape index (κ2) is 6.25. The van der Waals surface area contributed by atoms with Gasteiger partial charge in [-0.3, -0.25) is 5.10 Å². The fourth-order valence-corrected chi connectivity index (χ4v) is 2.20. The molecule has 6 nitrogen and oxygen atoms in total. The van der Waals surface area contributed by atoms with Crippen molar-refractivity contribution in [2.24, 2.45) is 0 Å². The molecule has 2 rings (SSSR count). The molecule has 20 heavy (non-hydrogen) atoms. The Morgan fingerprint density at radius 3 is 2.60 bits per heavy atom. The molecule has 1 N–H and O–H groups in total. The minimum atomic E-state index is -1.27. The maximum atomic E-state index is 11.1. The highest BCUT2D eigenvalue weighted by Gasteiger charge is 2.07. The molecule has 1 aromatic heterocycles. The summed E-state index contributed by atoms with van der Waals surface area (Å²) < 4.78 is 5.04. The average molecular weight is 290 g/mol. The molecule has 0 fully saturated rings. The number of carbonyl (C=O) groups excluding carboxylic acids is 1. The third-order valence-corrected chi connectivity index (χ3v) is 3.26. The van der Waals surface area contributed by atoms with Crippen LogP contribution in [-0.2, 0) is 4.79 Å². The molecule has 7 heteroatoms. The number of methoxy groups -OCH3 is 1. The summed E-state index contributed by atoms with van der Waals surface area (Å²) in [5.41, 5.74) is 0.727. The van der Waals surface area contributed by atoms with Crippen molar-refractivity contribution in [1.82, 2.24) is 15.2 Å². The van der Waals surface area contributed by atoms with Gasteiger partial charge >= 0.3 is 0 Å². The molecule has 0 saturated heterocycles. The van der Waals surface area contributed by atoms with Crippen molar-refractivity contribution in [2.45, 2.75) is 12.1 Å². The summed E-state index contributed by atoms with van der Waals surface area (Å²) in [6, 6.07) is 7.01. The standard InChI is InChI=1S/C13H13N3O3S/c1-8-14-13(16-15-8)20-11(12(17)18)7-9-3-5-10(19-2)6-4-9/h3-7H,1-2H3,(H,17,18)(H,14,15,16)/p-1/b11-7-. The average Bonchev–Trinajstić information content (AvgIpc) is 2.84. The van der Waals surface area contributed by atoms with Gasteiger partial charge in [0.05, 0.1) is 13.1 Å². The first-order chi connectivity index (χ1) is 9.58.